The Morgan fingerprint density at radius 2 is 1.90 bits per heavy atom. The maximum Gasteiger partial charge on any atom is 0.250 e. The number of aryl methyl sites for hydroxylation is 2. The summed E-state index contributed by atoms with van der Waals surface area (Å²) >= 11 is 1.55. The number of nitrogens with zero attached hydrogens (tertiary/aromatic N) is 6. The highest BCUT2D eigenvalue weighted by Crippen LogP contribution is 2.51. The summed E-state index contributed by atoms with van der Waals surface area (Å²) in [4.78, 5) is 17.7. The lowest BCUT2D eigenvalue weighted by molar-refractivity contribution is 0.0639. The Kier molecular flexibility index (Phi) is 8.95. The van der Waals surface area contributed by atoms with Gasteiger partial charge in [-0.15, -0.1) is 21.5 Å². The summed E-state index contributed by atoms with van der Waals surface area (Å²) in [5, 5.41) is 13.6. The zero-order chi connectivity index (χ0) is 34.6. The van der Waals surface area contributed by atoms with Crippen molar-refractivity contribution in [2.45, 2.75) is 75.8 Å². The number of sulfone groups is 1. The first-order valence-corrected chi connectivity index (χ1v) is 20.1. The maximum absolute atomic E-state index is 14.3. The second-order valence-electron chi connectivity index (χ2n) is 14.5. The van der Waals surface area contributed by atoms with Crippen LogP contribution in [-0.2, 0) is 34.0 Å². The maximum atomic E-state index is 14.3. The van der Waals surface area contributed by atoms with Crippen LogP contribution in [0.4, 0.5) is 5.82 Å². The number of pyridine rings is 3. The summed E-state index contributed by atoms with van der Waals surface area (Å²) < 4.78 is 41.5. The number of fused-ring (bicyclic) bond motifs is 3. The molecule has 50 heavy (non-hydrogen) atoms. The number of hydrogen-bond donors (Lipinski definition) is 1. The van der Waals surface area contributed by atoms with E-state index in [1.807, 2.05) is 43.5 Å². The molecule has 0 amide bonds. The van der Waals surface area contributed by atoms with Gasteiger partial charge in [0.25, 0.3) is 0 Å². The minimum absolute atomic E-state index is 0.0347. The van der Waals surface area contributed by atoms with Gasteiger partial charge in [-0.2, -0.15) is 0 Å². The van der Waals surface area contributed by atoms with Gasteiger partial charge in [-0.25, -0.2) is 13.4 Å². The van der Waals surface area contributed by atoms with E-state index >= 15 is 0 Å². The van der Waals surface area contributed by atoms with E-state index < -0.39 is 9.84 Å². The lowest BCUT2D eigenvalue weighted by Crippen LogP contribution is -2.17. The van der Waals surface area contributed by atoms with E-state index in [9.17, 15) is 8.42 Å². The number of ether oxygens (including phenoxy) is 1. The number of rotatable bonds is 10. The average molecular weight is 714 g/mol. The molecule has 2 atom stereocenters. The van der Waals surface area contributed by atoms with E-state index in [1.54, 1.807) is 11.3 Å². The minimum atomic E-state index is -3.68. The highest BCUT2D eigenvalue weighted by atomic mass is 32.2. The molecule has 1 aliphatic carbocycles. The van der Waals surface area contributed by atoms with E-state index in [1.165, 1.54) is 5.56 Å². The van der Waals surface area contributed by atoms with Crippen molar-refractivity contribution in [3.8, 4) is 21.9 Å². The molecular weight excluding hydrogens is 671 g/mol. The third-order valence-corrected chi connectivity index (χ3v) is 13.4. The van der Waals surface area contributed by atoms with Gasteiger partial charge in [0, 0.05) is 47.7 Å². The van der Waals surface area contributed by atoms with Crippen LogP contribution in [0.3, 0.4) is 0 Å². The van der Waals surface area contributed by atoms with E-state index in [4.69, 9.17) is 19.1 Å². The van der Waals surface area contributed by atoms with E-state index in [2.05, 4.69) is 46.5 Å². The third-order valence-electron chi connectivity index (χ3n) is 10.3. The van der Waals surface area contributed by atoms with Crippen molar-refractivity contribution in [1.82, 2.24) is 30.0 Å². The molecule has 0 bridgehead atoms. The van der Waals surface area contributed by atoms with Gasteiger partial charge in [0.2, 0.25) is 11.8 Å². The van der Waals surface area contributed by atoms with Gasteiger partial charge in [0.1, 0.15) is 5.82 Å². The van der Waals surface area contributed by atoms with Crippen molar-refractivity contribution >= 4 is 37.1 Å². The van der Waals surface area contributed by atoms with E-state index in [0.717, 1.165) is 77.5 Å². The van der Waals surface area contributed by atoms with Crippen molar-refractivity contribution < 1.29 is 17.6 Å². The molecule has 1 N–H and O–H groups in total. The molecule has 5 aromatic rings. The predicted octanol–water partition coefficient (Wildman–Crippen LogP) is 6.85. The summed E-state index contributed by atoms with van der Waals surface area (Å²) in [5.74, 6) is 1.98. The number of aromatic nitrogens is 5. The average Bonchev–Trinajstić information content (AvgIpc) is 3.89. The van der Waals surface area contributed by atoms with Crippen LogP contribution in [0.2, 0.25) is 0 Å². The Bertz CT molecular complexity index is 2150. The van der Waals surface area contributed by atoms with Gasteiger partial charge < -0.3 is 19.4 Å². The molecule has 2 aliphatic heterocycles. The van der Waals surface area contributed by atoms with Gasteiger partial charge in [0.15, 0.2) is 9.84 Å². The Morgan fingerprint density at radius 1 is 1.06 bits per heavy atom. The van der Waals surface area contributed by atoms with Crippen LogP contribution in [0.15, 0.2) is 46.0 Å². The molecule has 2 unspecified atom stereocenters. The first-order chi connectivity index (χ1) is 24.2. The summed E-state index contributed by atoms with van der Waals surface area (Å²) in [6.45, 7) is 6.16. The Balaban J connectivity index is 1.32. The molecule has 0 aromatic carbocycles. The largest absolute Gasteiger partial charge is 0.419 e. The molecule has 3 aliphatic rings. The first-order valence-electron chi connectivity index (χ1n) is 17.6. The number of hydrogen-bond acceptors (Lipinski definition) is 12. The van der Waals surface area contributed by atoms with Crippen molar-refractivity contribution in [2.24, 2.45) is 11.8 Å². The van der Waals surface area contributed by atoms with Crippen molar-refractivity contribution in [3.63, 3.8) is 0 Å². The van der Waals surface area contributed by atoms with Crippen LogP contribution in [0.25, 0.3) is 32.0 Å². The van der Waals surface area contributed by atoms with Crippen LogP contribution in [0.1, 0.15) is 80.0 Å². The molecule has 262 valence electrons. The fraction of sp³-hybridized carbons (Fsp3) is 0.486. The van der Waals surface area contributed by atoms with Crippen LogP contribution in [0.5, 0.6) is 0 Å². The van der Waals surface area contributed by atoms with E-state index in [0.29, 0.717) is 52.4 Å². The van der Waals surface area contributed by atoms with Crippen molar-refractivity contribution in [1.29, 1.82) is 0 Å². The molecule has 0 saturated carbocycles. The van der Waals surface area contributed by atoms with Gasteiger partial charge in [0.05, 0.1) is 44.9 Å². The lowest BCUT2D eigenvalue weighted by atomic mass is 9.89. The molecule has 1 saturated heterocycles. The summed E-state index contributed by atoms with van der Waals surface area (Å²) in [7, 11) is 0.211. The number of thiophene rings is 1. The Hall–Kier alpha value is -3.78. The van der Waals surface area contributed by atoms with Gasteiger partial charge in [-0.05, 0) is 93.6 Å². The van der Waals surface area contributed by atoms with Gasteiger partial charge in [-0.3, -0.25) is 9.97 Å². The molecule has 7 heterocycles. The molecule has 1 fully saturated rings. The van der Waals surface area contributed by atoms with Gasteiger partial charge >= 0.3 is 0 Å². The topological polar surface area (TPSA) is 136 Å². The zero-order valence-corrected chi connectivity index (χ0v) is 30.6. The smallest absolute Gasteiger partial charge is 0.250 e. The fourth-order valence-electron chi connectivity index (χ4n) is 7.74. The quantitative estimate of drug-likeness (QED) is 0.163. The SMILES string of the molecule is CC(C)C1CS(=O)(=O)c2c1nc(CCC1CCOCC1)c(-c1nnc(CN(C)C)o1)c2-c1cc2ccnc(NC3CCc4ncccc43)c2s1. The van der Waals surface area contributed by atoms with Crippen molar-refractivity contribution in [2.75, 3.05) is 38.4 Å². The zero-order valence-electron chi connectivity index (χ0n) is 29.0. The molecule has 0 spiro atoms. The van der Waals surface area contributed by atoms with Crippen molar-refractivity contribution in [3.05, 3.63) is 65.2 Å². The van der Waals surface area contributed by atoms with Crippen LogP contribution in [0, 0.1) is 11.8 Å². The molecule has 0 radical (unpaired) electrons. The Morgan fingerprint density at radius 3 is 2.70 bits per heavy atom. The first kappa shape index (κ1) is 33.4. The van der Waals surface area contributed by atoms with Crippen LogP contribution in [-0.4, -0.2) is 71.5 Å². The normalized spacial score (nSPS) is 20.2. The van der Waals surface area contributed by atoms with Gasteiger partial charge in [-0.1, -0.05) is 19.9 Å². The number of anilines is 1. The monoisotopic (exact) mass is 713 g/mol. The third kappa shape index (κ3) is 6.22. The van der Waals surface area contributed by atoms with E-state index in [-0.39, 0.29) is 23.6 Å². The number of nitrogens with one attached hydrogen (secondary N) is 1. The molecular formula is C37H43N7O4S2. The highest BCUT2D eigenvalue weighted by Gasteiger charge is 2.43. The molecule has 13 heteroatoms. The Labute approximate surface area is 296 Å². The minimum Gasteiger partial charge on any atom is -0.419 e. The fourth-order valence-corrected chi connectivity index (χ4v) is 11.2. The standard InChI is InChI=1S/C37H43N7O4S2/c1-21(2)25-20-50(45,46)35-32(29-18-23-11-15-39-36(34(23)49-29)41-27-10-9-26-24(27)6-5-14-38-26)31(37-43-42-30(48-37)19-44(3)4)28(40-33(25)35)8-7-22-12-16-47-17-13-22/h5-6,11,14-15,18,21-22,25,27H,7-10,12-13,16-17,19-20H2,1-4H3,(H,39,41). The predicted molar refractivity (Wildman–Crippen MR) is 194 cm³/mol. The molecule has 8 rings (SSSR count). The van der Waals surface area contributed by atoms with Crippen LogP contribution >= 0.6 is 11.3 Å². The van der Waals surface area contributed by atoms with Crippen LogP contribution < -0.4 is 5.32 Å². The molecule has 5 aromatic heterocycles. The summed E-state index contributed by atoms with van der Waals surface area (Å²) in [6, 6.07) is 8.29. The molecule has 11 nitrogen and oxygen atoms in total. The summed E-state index contributed by atoms with van der Waals surface area (Å²) in [6.07, 6.45) is 9.11. The summed E-state index contributed by atoms with van der Waals surface area (Å²) in [5.41, 5.74) is 5.05. The lowest BCUT2D eigenvalue weighted by Gasteiger charge is -2.23. The second-order valence-corrected chi connectivity index (χ2v) is 17.5. The second kappa shape index (κ2) is 13.4. The highest BCUT2D eigenvalue weighted by molar-refractivity contribution is 7.92.